The van der Waals surface area contributed by atoms with Crippen molar-refractivity contribution in [1.82, 2.24) is 4.90 Å². The van der Waals surface area contributed by atoms with Crippen molar-refractivity contribution in [3.8, 4) is 0 Å². The van der Waals surface area contributed by atoms with Crippen LogP contribution in [0, 0.1) is 0 Å². The molecule has 0 fully saturated rings. The number of hydrogen-bond donors (Lipinski definition) is 0. The molecule has 2 nitrogen and oxygen atoms in total. The fraction of sp³-hybridized carbons (Fsp3) is 0.364. The molecule has 0 unspecified atom stereocenters. The maximum absolute atomic E-state index is 11.6. The van der Waals surface area contributed by atoms with Crippen molar-refractivity contribution in [1.29, 1.82) is 0 Å². The van der Waals surface area contributed by atoms with Crippen LogP contribution in [0.4, 0.5) is 0 Å². The molecule has 1 aliphatic heterocycles. The summed E-state index contributed by atoms with van der Waals surface area (Å²) in [7, 11) is 0. The van der Waals surface area contributed by atoms with E-state index >= 15 is 0 Å². The highest BCUT2D eigenvalue weighted by atomic mass is 35.5. The number of halogens is 1. The Balaban J connectivity index is 2.85. The molecule has 0 N–H and O–H groups in total. The number of carbonyl (C=O) groups excluding carboxylic acids is 1. The van der Waals surface area contributed by atoms with E-state index in [1.54, 1.807) is 23.1 Å². The van der Waals surface area contributed by atoms with Crippen LogP contribution in [0.15, 0.2) is 36.4 Å². The Hall–Kier alpha value is -1.02. The molecule has 0 saturated carbocycles. The largest absolute Gasteiger partial charge is 0.330 e. The highest BCUT2D eigenvalue weighted by Crippen LogP contribution is 2.24. The first-order chi connectivity index (χ1) is 6.70. The van der Waals surface area contributed by atoms with Gasteiger partial charge in [-0.1, -0.05) is 29.8 Å². The summed E-state index contributed by atoms with van der Waals surface area (Å²) in [6, 6.07) is -0.0478. The lowest BCUT2D eigenvalue weighted by atomic mass is 10.1. The van der Waals surface area contributed by atoms with Crippen molar-refractivity contribution >= 4 is 17.5 Å². The summed E-state index contributed by atoms with van der Waals surface area (Å²) in [5.41, 5.74) is 0. The Bertz CT molecular complexity index is 283. The molecule has 0 aliphatic carbocycles. The van der Waals surface area contributed by atoms with Gasteiger partial charge in [-0.15, -0.1) is 13.2 Å². The maximum Gasteiger partial charge on any atom is 0.227 e. The molecule has 3 heteroatoms. The second-order valence-corrected chi connectivity index (χ2v) is 3.60. The highest BCUT2D eigenvalue weighted by Gasteiger charge is 2.27. The van der Waals surface area contributed by atoms with Crippen LogP contribution in [0.5, 0.6) is 0 Å². The van der Waals surface area contributed by atoms with E-state index in [0.717, 1.165) is 5.03 Å². The SMILES string of the molecule is C=CC[C@@H]1C(Cl)=CCC(=O)N1CC=C. The van der Waals surface area contributed by atoms with Gasteiger partial charge in [0.1, 0.15) is 0 Å². The molecule has 76 valence electrons. The summed E-state index contributed by atoms with van der Waals surface area (Å²) in [6.07, 6.45) is 6.34. The Morgan fingerprint density at radius 3 is 2.86 bits per heavy atom. The van der Waals surface area contributed by atoms with E-state index in [1.165, 1.54) is 0 Å². The molecule has 0 spiro atoms. The third-order valence-corrected chi connectivity index (χ3v) is 2.61. The molecule has 0 aromatic rings. The van der Waals surface area contributed by atoms with E-state index < -0.39 is 0 Å². The topological polar surface area (TPSA) is 20.3 Å². The van der Waals surface area contributed by atoms with Crippen LogP contribution >= 0.6 is 11.6 Å². The quantitative estimate of drug-likeness (QED) is 0.655. The molecular formula is C11H14ClNO. The van der Waals surface area contributed by atoms with Crippen LogP contribution in [0.25, 0.3) is 0 Å². The van der Waals surface area contributed by atoms with Gasteiger partial charge >= 0.3 is 0 Å². The summed E-state index contributed by atoms with van der Waals surface area (Å²) < 4.78 is 0. The Morgan fingerprint density at radius 2 is 2.29 bits per heavy atom. The highest BCUT2D eigenvalue weighted by molar-refractivity contribution is 6.30. The average molecular weight is 212 g/mol. The molecule has 0 aromatic carbocycles. The van der Waals surface area contributed by atoms with Crippen LogP contribution in [0.2, 0.25) is 0 Å². The molecule has 0 bridgehead atoms. The number of carbonyl (C=O) groups is 1. The van der Waals surface area contributed by atoms with Crippen LogP contribution in [0.3, 0.4) is 0 Å². The van der Waals surface area contributed by atoms with Crippen molar-refractivity contribution < 1.29 is 4.79 Å². The predicted molar refractivity (Wildman–Crippen MR) is 59.1 cm³/mol. The molecule has 14 heavy (non-hydrogen) atoms. The van der Waals surface area contributed by atoms with Crippen LogP contribution < -0.4 is 0 Å². The summed E-state index contributed by atoms with van der Waals surface area (Å²) in [4.78, 5) is 13.3. The lowest BCUT2D eigenvalue weighted by molar-refractivity contribution is -0.131. The van der Waals surface area contributed by atoms with Crippen molar-refractivity contribution in [3.63, 3.8) is 0 Å². The first-order valence-corrected chi connectivity index (χ1v) is 4.95. The second-order valence-electron chi connectivity index (χ2n) is 3.17. The Labute approximate surface area is 89.5 Å². The maximum atomic E-state index is 11.6. The van der Waals surface area contributed by atoms with Crippen LogP contribution in [-0.2, 0) is 4.79 Å². The summed E-state index contributed by atoms with van der Waals surface area (Å²) >= 11 is 6.04. The van der Waals surface area contributed by atoms with Gasteiger partial charge < -0.3 is 4.90 Å². The van der Waals surface area contributed by atoms with Gasteiger partial charge in [0.05, 0.1) is 6.04 Å². The predicted octanol–water partition coefficient (Wildman–Crippen LogP) is 2.47. The van der Waals surface area contributed by atoms with Gasteiger partial charge in [-0.05, 0) is 6.42 Å². The van der Waals surface area contributed by atoms with E-state index in [4.69, 9.17) is 11.6 Å². The van der Waals surface area contributed by atoms with Crippen molar-refractivity contribution in [2.75, 3.05) is 6.54 Å². The monoisotopic (exact) mass is 211 g/mol. The third kappa shape index (κ3) is 2.26. The molecule has 1 heterocycles. The molecule has 1 aliphatic rings. The standard InChI is InChI=1S/C11H14ClNO/c1-3-5-10-9(12)6-7-11(14)13(10)8-4-2/h3-4,6,10H,1-2,5,7-8H2/t10-/m1/s1. The van der Waals surface area contributed by atoms with E-state index in [0.29, 0.717) is 19.4 Å². The molecular weight excluding hydrogens is 198 g/mol. The van der Waals surface area contributed by atoms with E-state index in [2.05, 4.69) is 13.2 Å². The van der Waals surface area contributed by atoms with Crippen molar-refractivity contribution in [2.45, 2.75) is 18.9 Å². The van der Waals surface area contributed by atoms with Gasteiger partial charge in [-0.2, -0.15) is 0 Å². The lowest BCUT2D eigenvalue weighted by Crippen LogP contribution is -2.42. The van der Waals surface area contributed by atoms with E-state index in [1.807, 2.05) is 0 Å². The average Bonchev–Trinajstić information content (AvgIpc) is 2.17. The minimum Gasteiger partial charge on any atom is -0.330 e. The molecule has 0 saturated heterocycles. The third-order valence-electron chi connectivity index (χ3n) is 2.20. The van der Waals surface area contributed by atoms with Gasteiger partial charge in [-0.3, -0.25) is 4.79 Å². The van der Waals surface area contributed by atoms with Gasteiger partial charge in [0.25, 0.3) is 0 Å². The number of rotatable bonds is 4. The fourth-order valence-corrected chi connectivity index (χ4v) is 1.81. The Morgan fingerprint density at radius 1 is 1.57 bits per heavy atom. The number of hydrogen-bond acceptors (Lipinski definition) is 1. The van der Waals surface area contributed by atoms with Gasteiger partial charge in [0, 0.05) is 18.0 Å². The summed E-state index contributed by atoms with van der Waals surface area (Å²) in [5.74, 6) is 0.0983. The molecule has 0 radical (unpaired) electrons. The molecule has 1 amide bonds. The smallest absolute Gasteiger partial charge is 0.227 e. The second kappa shape index (κ2) is 5.01. The van der Waals surface area contributed by atoms with Gasteiger partial charge in [0.2, 0.25) is 5.91 Å². The van der Waals surface area contributed by atoms with Crippen molar-refractivity contribution in [2.24, 2.45) is 0 Å². The molecule has 1 atom stereocenters. The molecule has 1 rings (SSSR count). The van der Waals surface area contributed by atoms with Crippen molar-refractivity contribution in [3.05, 3.63) is 36.4 Å². The normalized spacial score (nSPS) is 21.8. The first kappa shape index (κ1) is 11.1. The number of amides is 1. The lowest BCUT2D eigenvalue weighted by Gasteiger charge is -2.33. The minimum absolute atomic E-state index is 0.0478. The zero-order valence-corrected chi connectivity index (χ0v) is 8.83. The zero-order valence-electron chi connectivity index (χ0n) is 8.08. The Kier molecular flexibility index (Phi) is 3.96. The van der Waals surface area contributed by atoms with E-state index in [9.17, 15) is 4.79 Å². The molecule has 0 aromatic heterocycles. The van der Waals surface area contributed by atoms with Crippen LogP contribution in [0.1, 0.15) is 12.8 Å². The van der Waals surface area contributed by atoms with Gasteiger partial charge in [-0.25, -0.2) is 0 Å². The van der Waals surface area contributed by atoms with Gasteiger partial charge in [0.15, 0.2) is 0 Å². The zero-order chi connectivity index (χ0) is 10.6. The minimum atomic E-state index is -0.0478. The first-order valence-electron chi connectivity index (χ1n) is 4.57. The summed E-state index contributed by atoms with van der Waals surface area (Å²) in [6.45, 7) is 7.83. The van der Waals surface area contributed by atoms with Crippen LogP contribution in [-0.4, -0.2) is 23.4 Å². The van der Waals surface area contributed by atoms with E-state index in [-0.39, 0.29) is 11.9 Å². The summed E-state index contributed by atoms with van der Waals surface area (Å²) in [5, 5.41) is 0.728. The fourth-order valence-electron chi connectivity index (χ4n) is 1.53. The number of nitrogens with zero attached hydrogens (tertiary/aromatic N) is 1.